The molecule has 1 aliphatic heterocycles. The Bertz CT molecular complexity index is 1200. The second kappa shape index (κ2) is 14.8. The fraction of sp³-hybridized carbons (Fsp3) is 0.400. The maximum atomic E-state index is 12.9. The molecule has 2 aromatic heterocycles. The molecule has 1 aliphatic rings. The van der Waals surface area contributed by atoms with Crippen molar-refractivity contribution in [3.05, 3.63) is 72.1 Å². The molecule has 206 valence electrons. The molecule has 3 heterocycles. The van der Waals surface area contributed by atoms with Crippen LogP contribution in [0.25, 0.3) is 11.3 Å². The number of amides is 3. The molecule has 3 amide bonds. The molecule has 0 spiro atoms. The summed E-state index contributed by atoms with van der Waals surface area (Å²) in [6.45, 7) is 7.21. The number of carbonyl (C=O) groups excluding carboxylic acids is 2. The highest BCUT2D eigenvalue weighted by atomic mass is 16.2. The van der Waals surface area contributed by atoms with E-state index in [1.807, 2.05) is 55.5 Å². The molecule has 4 N–H and O–H groups in total. The summed E-state index contributed by atoms with van der Waals surface area (Å²) >= 11 is 0. The normalized spacial score (nSPS) is 13.5. The number of hydrogen-bond acceptors (Lipinski definition) is 6. The molecule has 0 bridgehead atoms. The molecule has 9 heteroatoms. The lowest BCUT2D eigenvalue weighted by Gasteiger charge is -2.26. The summed E-state index contributed by atoms with van der Waals surface area (Å²) in [5, 5.41) is 11.9. The van der Waals surface area contributed by atoms with Crippen LogP contribution in [0.15, 0.2) is 60.9 Å². The van der Waals surface area contributed by atoms with Crippen LogP contribution in [-0.4, -0.2) is 59.5 Å². The average Bonchev–Trinajstić information content (AvgIpc) is 2.97. The molecule has 4 rings (SSSR count). The zero-order chi connectivity index (χ0) is 27.3. The Morgan fingerprint density at radius 2 is 1.77 bits per heavy atom. The van der Waals surface area contributed by atoms with Crippen LogP contribution < -0.4 is 21.3 Å². The fourth-order valence-electron chi connectivity index (χ4n) is 4.63. The lowest BCUT2D eigenvalue weighted by molar-refractivity contribution is 0.0953. The highest BCUT2D eigenvalue weighted by Gasteiger charge is 2.14. The number of unbranched alkanes of at least 4 members (excludes halogenated alkanes) is 1. The molecule has 0 aliphatic carbocycles. The number of urea groups is 1. The molecule has 1 aromatic carbocycles. The molecule has 9 nitrogen and oxygen atoms in total. The van der Waals surface area contributed by atoms with Crippen molar-refractivity contribution in [2.24, 2.45) is 0 Å². The largest absolute Gasteiger partial charge is 0.370 e. The van der Waals surface area contributed by atoms with E-state index >= 15 is 0 Å². The molecule has 0 unspecified atom stereocenters. The van der Waals surface area contributed by atoms with Gasteiger partial charge in [-0.15, -0.1) is 0 Å². The minimum absolute atomic E-state index is 0.111. The molecule has 1 saturated heterocycles. The number of likely N-dealkylation sites (tertiary alicyclic amines) is 1. The maximum absolute atomic E-state index is 12.9. The first-order valence-electron chi connectivity index (χ1n) is 13.9. The molecule has 1 fully saturated rings. The number of benzene rings is 1. The van der Waals surface area contributed by atoms with E-state index in [4.69, 9.17) is 4.98 Å². The van der Waals surface area contributed by atoms with Gasteiger partial charge in [0, 0.05) is 43.3 Å². The molecule has 3 aromatic rings. The second-order valence-electron chi connectivity index (χ2n) is 9.73. The highest BCUT2D eigenvalue weighted by molar-refractivity contribution is 5.99. The summed E-state index contributed by atoms with van der Waals surface area (Å²) < 4.78 is 0. The van der Waals surface area contributed by atoms with E-state index in [1.165, 1.54) is 32.4 Å². The fourth-order valence-corrected chi connectivity index (χ4v) is 4.63. The Hall–Kier alpha value is -3.98. The van der Waals surface area contributed by atoms with Crippen LogP contribution in [-0.2, 0) is 6.54 Å². The summed E-state index contributed by atoms with van der Waals surface area (Å²) in [6.07, 6.45) is 9.43. The molecule has 0 saturated carbocycles. The van der Waals surface area contributed by atoms with Crippen molar-refractivity contribution in [1.82, 2.24) is 25.5 Å². The van der Waals surface area contributed by atoms with Gasteiger partial charge in [-0.3, -0.25) is 9.78 Å². The smallest absolute Gasteiger partial charge is 0.319 e. The van der Waals surface area contributed by atoms with Gasteiger partial charge in [0.2, 0.25) is 0 Å². The third-order valence-corrected chi connectivity index (χ3v) is 6.73. The first-order valence-corrected chi connectivity index (χ1v) is 13.9. The van der Waals surface area contributed by atoms with Gasteiger partial charge >= 0.3 is 6.03 Å². The third kappa shape index (κ3) is 8.78. The van der Waals surface area contributed by atoms with Gasteiger partial charge in [0.25, 0.3) is 5.91 Å². The lowest BCUT2D eigenvalue weighted by atomic mass is 10.1. The average molecular weight is 530 g/mol. The van der Waals surface area contributed by atoms with E-state index < -0.39 is 0 Å². The van der Waals surface area contributed by atoms with Crippen LogP contribution in [0, 0.1) is 0 Å². The molecule has 0 atom stereocenters. The topological polar surface area (TPSA) is 111 Å². The quantitative estimate of drug-likeness (QED) is 0.249. The van der Waals surface area contributed by atoms with E-state index in [9.17, 15) is 9.59 Å². The van der Waals surface area contributed by atoms with E-state index in [0.717, 1.165) is 36.2 Å². The summed E-state index contributed by atoms with van der Waals surface area (Å²) in [6, 6.07) is 14.6. The summed E-state index contributed by atoms with van der Waals surface area (Å²) in [7, 11) is 0. The molecule has 39 heavy (non-hydrogen) atoms. The lowest BCUT2D eigenvalue weighted by Crippen LogP contribution is -2.31. The molecular weight excluding hydrogens is 490 g/mol. The van der Waals surface area contributed by atoms with Crippen LogP contribution in [0.3, 0.4) is 0 Å². The Morgan fingerprint density at radius 3 is 2.51 bits per heavy atom. The number of nitrogens with zero attached hydrogens (tertiary/aromatic N) is 3. The zero-order valence-corrected chi connectivity index (χ0v) is 22.7. The van der Waals surface area contributed by atoms with Crippen molar-refractivity contribution < 1.29 is 9.59 Å². The van der Waals surface area contributed by atoms with Crippen LogP contribution in [0.5, 0.6) is 0 Å². The van der Waals surface area contributed by atoms with Crippen molar-refractivity contribution >= 4 is 23.4 Å². The number of hydrogen-bond donors (Lipinski definition) is 4. The van der Waals surface area contributed by atoms with E-state index in [0.29, 0.717) is 36.7 Å². The van der Waals surface area contributed by atoms with Crippen LogP contribution in [0.2, 0.25) is 0 Å². The third-order valence-electron chi connectivity index (χ3n) is 6.73. The van der Waals surface area contributed by atoms with Gasteiger partial charge in [0.05, 0.1) is 11.3 Å². The number of piperidine rings is 1. The predicted molar refractivity (Wildman–Crippen MR) is 156 cm³/mol. The SMILES string of the molecule is CCNc1nc(-c2ccc(NC(=O)NCc3cccnc3)cc2)ccc1C(=O)NCCCCN1CCCCC1. The Kier molecular flexibility index (Phi) is 10.7. The number of pyridine rings is 2. The first-order chi connectivity index (χ1) is 19.1. The first kappa shape index (κ1) is 28.0. The van der Waals surface area contributed by atoms with Crippen LogP contribution in [0.1, 0.15) is 54.9 Å². The standard InChI is InChI=1S/C30H39N7O2/c1-2-32-28-26(29(38)33-17-4-7-20-37-18-5-3-6-19-37)14-15-27(36-28)24-10-12-25(13-11-24)35-30(39)34-22-23-9-8-16-31-21-23/h8-16,21H,2-7,17-20,22H2,1H3,(H,32,36)(H,33,38)(H2,34,35,39). The van der Waals surface area contributed by atoms with Gasteiger partial charge in [0.1, 0.15) is 5.82 Å². The minimum atomic E-state index is -0.291. The van der Waals surface area contributed by atoms with E-state index in [1.54, 1.807) is 12.4 Å². The summed E-state index contributed by atoms with van der Waals surface area (Å²) in [4.78, 5) is 36.4. The van der Waals surface area contributed by atoms with Gasteiger partial charge in [-0.1, -0.05) is 24.6 Å². The summed E-state index contributed by atoms with van der Waals surface area (Å²) in [5.41, 5.74) is 3.78. The Labute approximate surface area is 230 Å². The van der Waals surface area contributed by atoms with Gasteiger partial charge in [-0.2, -0.15) is 0 Å². The second-order valence-corrected chi connectivity index (χ2v) is 9.73. The number of carbonyl (C=O) groups is 2. The molecular formula is C30H39N7O2. The van der Waals surface area contributed by atoms with Crippen molar-refractivity contribution in [2.75, 3.05) is 43.4 Å². The molecule has 0 radical (unpaired) electrons. The van der Waals surface area contributed by atoms with Crippen molar-refractivity contribution in [3.63, 3.8) is 0 Å². The predicted octanol–water partition coefficient (Wildman–Crippen LogP) is 4.89. The van der Waals surface area contributed by atoms with Crippen molar-refractivity contribution in [1.29, 1.82) is 0 Å². The van der Waals surface area contributed by atoms with E-state index in [2.05, 4.69) is 31.2 Å². The van der Waals surface area contributed by atoms with Gasteiger partial charge in [-0.05, 0) is 88.1 Å². The number of rotatable bonds is 12. The Balaban J connectivity index is 1.29. The minimum Gasteiger partial charge on any atom is -0.370 e. The number of anilines is 2. The van der Waals surface area contributed by atoms with Crippen molar-refractivity contribution in [3.8, 4) is 11.3 Å². The van der Waals surface area contributed by atoms with E-state index in [-0.39, 0.29) is 11.9 Å². The Morgan fingerprint density at radius 1 is 0.949 bits per heavy atom. The monoisotopic (exact) mass is 529 g/mol. The number of aromatic nitrogens is 2. The summed E-state index contributed by atoms with van der Waals surface area (Å²) in [5.74, 6) is 0.456. The number of nitrogens with one attached hydrogen (secondary N) is 4. The van der Waals surface area contributed by atoms with Crippen LogP contribution in [0.4, 0.5) is 16.3 Å². The zero-order valence-electron chi connectivity index (χ0n) is 22.7. The van der Waals surface area contributed by atoms with Crippen molar-refractivity contribution in [2.45, 2.75) is 45.6 Å². The maximum Gasteiger partial charge on any atom is 0.319 e. The highest BCUT2D eigenvalue weighted by Crippen LogP contribution is 2.24. The van der Waals surface area contributed by atoms with Gasteiger partial charge < -0.3 is 26.2 Å². The van der Waals surface area contributed by atoms with Gasteiger partial charge in [0.15, 0.2) is 0 Å². The van der Waals surface area contributed by atoms with Gasteiger partial charge in [-0.25, -0.2) is 9.78 Å². The van der Waals surface area contributed by atoms with Crippen LogP contribution >= 0.6 is 0 Å².